The van der Waals surface area contributed by atoms with Crippen molar-refractivity contribution in [2.75, 3.05) is 20.3 Å². The molecular formula is C17H23N3O3. The summed E-state index contributed by atoms with van der Waals surface area (Å²) in [4.78, 5) is 2.28. The summed E-state index contributed by atoms with van der Waals surface area (Å²) in [6, 6.07) is 8.07. The summed E-state index contributed by atoms with van der Waals surface area (Å²) in [5, 5.41) is 8.03. The lowest BCUT2D eigenvalue weighted by atomic mass is 10.1. The minimum Gasteiger partial charge on any atom is -0.496 e. The van der Waals surface area contributed by atoms with Crippen LogP contribution in [0.25, 0.3) is 0 Å². The molecule has 1 aromatic heterocycles. The van der Waals surface area contributed by atoms with Crippen molar-refractivity contribution in [3.63, 3.8) is 0 Å². The average molecular weight is 317 g/mol. The van der Waals surface area contributed by atoms with Crippen molar-refractivity contribution in [2.24, 2.45) is 0 Å². The van der Waals surface area contributed by atoms with E-state index >= 15 is 0 Å². The van der Waals surface area contributed by atoms with Crippen molar-refractivity contribution in [3.05, 3.63) is 41.6 Å². The molecule has 1 fully saturated rings. The number of hydrogen-bond donors (Lipinski definition) is 0. The van der Waals surface area contributed by atoms with Gasteiger partial charge in [-0.05, 0) is 18.9 Å². The number of ether oxygens (including phenoxy) is 2. The van der Waals surface area contributed by atoms with Crippen LogP contribution in [0.5, 0.6) is 5.75 Å². The fraction of sp³-hybridized carbons (Fsp3) is 0.529. The summed E-state index contributed by atoms with van der Waals surface area (Å²) in [6.45, 7) is 4.87. The summed E-state index contributed by atoms with van der Waals surface area (Å²) in [5.74, 6) is 2.12. The smallest absolute Gasteiger partial charge is 0.230 e. The van der Waals surface area contributed by atoms with E-state index in [-0.39, 0.29) is 6.10 Å². The first-order valence-electron chi connectivity index (χ1n) is 7.99. The highest BCUT2D eigenvalue weighted by molar-refractivity contribution is 5.33. The second-order valence-corrected chi connectivity index (χ2v) is 5.83. The molecule has 1 unspecified atom stereocenters. The van der Waals surface area contributed by atoms with E-state index in [0.29, 0.717) is 18.3 Å². The predicted molar refractivity (Wildman–Crippen MR) is 85.1 cm³/mol. The van der Waals surface area contributed by atoms with Gasteiger partial charge < -0.3 is 13.9 Å². The van der Waals surface area contributed by atoms with Gasteiger partial charge in [-0.3, -0.25) is 4.90 Å². The second-order valence-electron chi connectivity index (χ2n) is 5.83. The molecule has 1 aromatic carbocycles. The molecule has 0 amide bonds. The number of benzene rings is 1. The van der Waals surface area contributed by atoms with E-state index in [2.05, 4.69) is 21.2 Å². The summed E-state index contributed by atoms with van der Waals surface area (Å²) in [7, 11) is 1.70. The normalized spacial score (nSPS) is 17.8. The molecule has 0 N–H and O–H groups in total. The molecule has 0 spiro atoms. The average Bonchev–Trinajstić information content (AvgIpc) is 3.20. The van der Waals surface area contributed by atoms with Crippen LogP contribution in [0.2, 0.25) is 0 Å². The molecule has 2 aromatic rings. The Labute approximate surface area is 136 Å². The molecular weight excluding hydrogens is 294 g/mol. The molecule has 1 atom stereocenters. The predicted octanol–water partition coefficient (Wildman–Crippen LogP) is 2.57. The van der Waals surface area contributed by atoms with E-state index in [1.54, 1.807) is 14.0 Å². The third-order valence-corrected chi connectivity index (χ3v) is 4.00. The molecule has 0 saturated carbocycles. The molecule has 2 heterocycles. The maximum absolute atomic E-state index is 5.78. The Morgan fingerprint density at radius 2 is 2.13 bits per heavy atom. The Kier molecular flexibility index (Phi) is 5.25. The van der Waals surface area contributed by atoms with Gasteiger partial charge in [-0.15, -0.1) is 10.2 Å². The number of aryl methyl sites for hydroxylation is 1. The van der Waals surface area contributed by atoms with Crippen LogP contribution in [0.1, 0.15) is 30.2 Å². The van der Waals surface area contributed by atoms with Crippen molar-refractivity contribution in [1.82, 2.24) is 15.1 Å². The van der Waals surface area contributed by atoms with Crippen molar-refractivity contribution >= 4 is 0 Å². The highest BCUT2D eigenvalue weighted by Gasteiger charge is 2.21. The molecule has 1 aliphatic heterocycles. The summed E-state index contributed by atoms with van der Waals surface area (Å²) >= 11 is 0. The number of hydrogen-bond acceptors (Lipinski definition) is 6. The molecule has 6 nitrogen and oxygen atoms in total. The first kappa shape index (κ1) is 16.0. The van der Waals surface area contributed by atoms with Crippen LogP contribution in [-0.2, 0) is 17.8 Å². The topological polar surface area (TPSA) is 60.6 Å². The van der Waals surface area contributed by atoms with Crippen molar-refractivity contribution in [3.8, 4) is 5.75 Å². The molecule has 0 aliphatic carbocycles. The lowest BCUT2D eigenvalue weighted by Gasteiger charge is -2.24. The lowest BCUT2D eigenvalue weighted by Crippen LogP contribution is -2.31. The molecule has 1 aliphatic rings. The maximum atomic E-state index is 5.78. The van der Waals surface area contributed by atoms with Crippen molar-refractivity contribution in [1.29, 1.82) is 0 Å². The fourth-order valence-electron chi connectivity index (χ4n) is 2.93. The zero-order valence-corrected chi connectivity index (χ0v) is 13.7. The Hall–Kier alpha value is -1.92. The zero-order chi connectivity index (χ0) is 16.1. The van der Waals surface area contributed by atoms with Gasteiger partial charge in [0.15, 0.2) is 0 Å². The highest BCUT2D eigenvalue weighted by atomic mass is 16.5. The monoisotopic (exact) mass is 317 g/mol. The molecule has 0 bridgehead atoms. The zero-order valence-electron chi connectivity index (χ0n) is 13.7. The van der Waals surface area contributed by atoms with Crippen LogP contribution >= 0.6 is 0 Å². The van der Waals surface area contributed by atoms with Crippen LogP contribution in [0, 0.1) is 6.92 Å². The van der Waals surface area contributed by atoms with E-state index < -0.39 is 0 Å². The number of rotatable bonds is 7. The maximum Gasteiger partial charge on any atom is 0.230 e. The standard InChI is InChI=1S/C17H23N3O3/c1-13-18-19-17(23-13)12-20(11-15-7-5-9-22-15)10-14-6-3-4-8-16(14)21-2/h3-4,6,8,15H,5,7,9-12H2,1-2H3. The van der Waals surface area contributed by atoms with E-state index in [1.807, 2.05) is 18.2 Å². The highest BCUT2D eigenvalue weighted by Crippen LogP contribution is 2.22. The molecule has 23 heavy (non-hydrogen) atoms. The lowest BCUT2D eigenvalue weighted by molar-refractivity contribution is 0.0644. The second kappa shape index (κ2) is 7.57. The van der Waals surface area contributed by atoms with Crippen LogP contribution in [0.3, 0.4) is 0 Å². The molecule has 124 valence electrons. The number of para-hydroxylation sites is 1. The largest absolute Gasteiger partial charge is 0.496 e. The van der Waals surface area contributed by atoms with Gasteiger partial charge in [0.2, 0.25) is 11.8 Å². The van der Waals surface area contributed by atoms with Gasteiger partial charge in [-0.25, -0.2) is 0 Å². The Morgan fingerprint density at radius 1 is 1.26 bits per heavy atom. The van der Waals surface area contributed by atoms with E-state index in [1.165, 1.54) is 0 Å². The minimum atomic E-state index is 0.272. The Bertz CT molecular complexity index is 623. The van der Waals surface area contributed by atoms with Gasteiger partial charge in [-0.1, -0.05) is 18.2 Å². The van der Waals surface area contributed by atoms with Crippen LogP contribution in [0.4, 0.5) is 0 Å². The quantitative estimate of drug-likeness (QED) is 0.782. The van der Waals surface area contributed by atoms with Gasteiger partial charge in [0.05, 0.1) is 19.8 Å². The summed E-state index contributed by atoms with van der Waals surface area (Å²) in [6.07, 6.45) is 2.51. The van der Waals surface area contributed by atoms with Crippen LogP contribution < -0.4 is 4.74 Å². The third-order valence-electron chi connectivity index (χ3n) is 4.00. The molecule has 6 heteroatoms. The number of aromatic nitrogens is 2. The van der Waals surface area contributed by atoms with Crippen molar-refractivity contribution < 1.29 is 13.9 Å². The summed E-state index contributed by atoms with van der Waals surface area (Å²) in [5.41, 5.74) is 1.14. The first-order valence-corrected chi connectivity index (χ1v) is 7.99. The summed E-state index contributed by atoms with van der Waals surface area (Å²) < 4.78 is 16.8. The Balaban J connectivity index is 1.73. The van der Waals surface area contributed by atoms with E-state index in [0.717, 1.165) is 43.9 Å². The molecule has 1 saturated heterocycles. The molecule has 3 rings (SSSR count). The van der Waals surface area contributed by atoms with Crippen LogP contribution in [0.15, 0.2) is 28.7 Å². The van der Waals surface area contributed by atoms with Gasteiger partial charge in [0.1, 0.15) is 5.75 Å². The van der Waals surface area contributed by atoms with E-state index in [9.17, 15) is 0 Å². The third kappa shape index (κ3) is 4.30. The van der Waals surface area contributed by atoms with Gasteiger partial charge in [-0.2, -0.15) is 0 Å². The SMILES string of the molecule is COc1ccccc1CN(Cc1nnc(C)o1)CC1CCCO1. The van der Waals surface area contributed by atoms with E-state index in [4.69, 9.17) is 13.9 Å². The first-order chi connectivity index (χ1) is 11.2. The van der Waals surface area contributed by atoms with Crippen LogP contribution in [-0.4, -0.2) is 41.5 Å². The van der Waals surface area contributed by atoms with Gasteiger partial charge in [0, 0.05) is 32.2 Å². The van der Waals surface area contributed by atoms with Crippen molar-refractivity contribution in [2.45, 2.75) is 39.0 Å². The molecule has 0 radical (unpaired) electrons. The van der Waals surface area contributed by atoms with Gasteiger partial charge in [0.25, 0.3) is 0 Å². The minimum absolute atomic E-state index is 0.272. The number of methoxy groups -OCH3 is 1. The Morgan fingerprint density at radius 3 is 2.83 bits per heavy atom. The fourth-order valence-corrected chi connectivity index (χ4v) is 2.93. The van der Waals surface area contributed by atoms with Gasteiger partial charge >= 0.3 is 0 Å². The number of nitrogens with zero attached hydrogens (tertiary/aromatic N) is 3.